The Hall–Kier alpha value is -4.01. The molecule has 0 bridgehead atoms. The number of benzene rings is 2. The molecule has 0 unspecified atom stereocenters. The first-order valence-electron chi connectivity index (χ1n) is 10.7. The molecule has 1 atom stereocenters. The smallest absolute Gasteiger partial charge is 0.263 e. The predicted octanol–water partition coefficient (Wildman–Crippen LogP) is 4.29. The summed E-state index contributed by atoms with van der Waals surface area (Å²) in [5.74, 6) is 0.807. The van der Waals surface area contributed by atoms with Crippen LogP contribution < -0.4 is 15.0 Å². The lowest BCUT2D eigenvalue weighted by Gasteiger charge is -2.33. The van der Waals surface area contributed by atoms with Crippen LogP contribution in [0.3, 0.4) is 0 Å². The van der Waals surface area contributed by atoms with Crippen molar-refractivity contribution < 1.29 is 18.4 Å². The molecule has 9 heteroatoms. The molecule has 3 heterocycles. The topological polar surface area (TPSA) is 93.4 Å². The van der Waals surface area contributed by atoms with Crippen molar-refractivity contribution in [2.24, 2.45) is 5.92 Å². The van der Waals surface area contributed by atoms with Gasteiger partial charge < -0.3 is 19.5 Å². The fourth-order valence-corrected chi connectivity index (χ4v) is 4.12. The van der Waals surface area contributed by atoms with Gasteiger partial charge in [0, 0.05) is 24.3 Å². The third-order valence-electron chi connectivity index (χ3n) is 5.82. The van der Waals surface area contributed by atoms with E-state index in [-0.39, 0.29) is 17.6 Å². The van der Waals surface area contributed by atoms with Crippen molar-refractivity contribution in [1.29, 1.82) is 0 Å². The molecule has 1 amide bonds. The van der Waals surface area contributed by atoms with Gasteiger partial charge in [-0.1, -0.05) is 5.16 Å². The summed E-state index contributed by atoms with van der Waals surface area (Å²) in [6, 6.07) is 13.3. The van der Waals surface area contributed by atoms with E-state index in [9.17, 15) is 9.18 Å². The Morgan fingerprint density at radius 3 is 2.70 bits per heavy atom. The van der Waals surface area contributed by atoms with Gasteiger partial charge in [0.2, 0.25) is 5.91 Å². The lowest BCUT2D eigenvalue weighted by Crippen LogP contribution is -2.41. The van der Waals surface area contributed by atoms with Gasteiger partial charge >= 0.3 is 0 Å². The Kier molecular flexibility index (Phi) is 5.60. The monoisotopic (exact) mass is 447 g/mol. The molecule has 1 aliphatic rings. The molecular weight excluding hydrogens is 425 g/mol. The van der Waals surface area contributed by atoms with Gasteiger partial charge in [0.25, 0.3) is 5.71 Å². The summed E-state index contributed by atoms with van der Waals surface area (Å²) in [6.45, 7) is 1.24. The number of nitrogens with zero attached hydrogens (tertiary/aromatic N) is 4. The van der Waals surface area contributed by atoms with Crippen LogP contribution >= 0.6 is 0 Å². The van der Waals surface area contributed by atoms with Gasteiger partial charge in [0.15, 0.2) is 0 Å². The SMILES string of the molecule is COc1ccc(NC(=O)[C@@H]2CCCN(c3ncnc4onc(-c5ccc(F)cc5)c34)C2)cc1. The quantitative estimate of drug-likeness (QED) is 0.488. The van der Waals surface area contributed by atoms with Crippen LogP contribution in [0, 0.1) is 11.7 Å². The molecule has 0 aliphatic carbocycles. The van der Waals surface area contributed by atoms with Crippen LogP contribution in [-0.4, -0.2) is 41.2 Å². The Morgan fingerprint density at radius 1 is 1.15 bits per heavy atom. The van der Waals surface area contributed by atoms with E-state index in [0.29, 0.717) is 34.7 Å². The molecule has 1 saturated heterocycles. The number of hydrogen-bond acceptors (Lipinski definition) is 7. The van der Waals surface area contributed by atoms with E-state index < -0.39 is 0 Å². The highest BCUT2D eigenvalue weighted by molar-refractivity contribution is 5.98. The van der Waals surface area contributed by atoms with E-state index in [2.05, 4.69) is 25.3 Å². The Morgan fingerprint density at radius 2 is 1.94 bits per heavy atom. The van der Waals surface area contributed by atoms with Crippen LogP contribution in [0.1, 0.15) is 12.8 Å². The summed E-state index contributed by atoms with van der Waals surface area (Å²) >= 11 is 0. The maximum Gasteiger partial charge on any atom is 0.263 e. The number of carbonyl (C=O) groups excluding carboxylic acids is 1. The number of piperidine rings is 1. The number of fused-ring (bicyclic) bond motifs is 1. The van der Waals surface area contributed by atoms with Gasteiger partial charge in [-0.25, -0.2) is 9.37 Å². The van der Waals surface area contributed by atoms with Crippen molar-refractivity contribution in [1.82, 2.24) is 15.1 Å². The number of rotatable bonds is 5. The van der Waals surface area contributed by atoms with Crippen LogP contribution in [-0.2, 0) is 4.79 Å². The molecule has 2 aromatic heterocycles. The Labute approximate surface area is 189 Å². The molecule has 168 valence electrons. The molecule has 4 aromatic rings. The average Bonchev–Trinajstić information content (AvgIpc) is 3.29. The summed E-state index contributed by atoms with van der Waals surface area (Å²) < 4.78 is 24.0. The minimum atomic E-state index is -0.329. The van der Waals surface area contributed by atoms with E-state index in [1.165, 1.54) is 18.5 Å². The third kappa shape index (κ3) is 4.21. The van der Waals surface area contributed by atoms with Crippen molar-refractivity contribution in [3.8, 4) is 17.0 Å². The number of carbonyl (C=O) groups is 1. The van der Waals surface area contributed by atoms with E-state index >= 15 is 0 Å². The second kappa shape index (κ2) is 8.85. The molecule has 1 fully saturated rings. The summed E-state index contributed by atoms with van der Waals surface area (Å²) in [4.78, 5) is 23.7. The van der Waals surface area contributed by atoms with E-state index in [1.807, 2.05) is 24.3 Å². The Balaban J connectivity index is 1.40. The Bertz CT molecular complexity index is 1270. The number of amides is 1. The predicted molar refractivity (Wildman–Crippen MR) is 122 cm³/mol. The summed E-state index contributed by atoms with van der Waals surface area (Å²) in [5.41, 5.74) is 2.33. The zero-order valence-electron chi connectivity index (χ0n) is 18.0. The number of aromatic nitrogens is 3. The van der Waals surface area contributed by atoms with Gasteiger partial charge in [-0.15, -0.1) is 0 Å². The fourth-order valence-electron chi connectivity index (χ4n) is 4.12. The second-order valence-electron chi connectivity index (χ2n) is 7.92. The minimum absolute atomic E-state index is 0.0424. The van der Waals surface area contributed by atoms with Crippen molar-refractivity contribution >= 4 is 28.5 Å². The number of halogens is 1. The molecule has 0 saturated carbocycles. The van der Waals surface area contributed by atoms with Gasteiger partial charge in [0.05, 0.1) is 13.0 Å². The number of methoxy groups -OCH3 is 1. The molecule has 33 heavy (non-hydrogen) atoms. The second-order valence-corrected chi connectivity index (χ2v) is 7.92. The number of anilines is 2. The normalized spacial score (nSPS) is 16.1. The van der Waals surface area contributed by atoms with E-state index in [0.717, 1.165) is 30.8 Å². The summed E-state index contributed by atoms with van der Waals surface area (Å²) in [5, 5.41) is 7.80. The molecule has 1 N–H and O–H groups in total. The molecule has 0 spiro atoms. The van der Waals surface area contributed by atoms with Crippen LogP contribution in [0.15, 0.2) is 59.4 Å². The maximum atomic E-state index is 13.4. The highest BCUT2D eigenvalue weighted by atomic mass is 19.1. The summed E-state index contributed by atoms with van der Waals surface area (Å²) in [7, 11) is 1.60. The van der Waals surface area contributed by atoms with Gasteiger partial charge in [-0.05, 0) is 61.4 Å². The first kappa shape index (κ1) is 20.9. The molecule has 0 radical (unpaired) electrons. The van der Waals surface area contributed by atoms with Crippen molar-refractivity contribution in [2.45, 2.75) is 12.8 Å². The van der Waals surface area contributed by atoms with E-state index in [4.69, 9.17) is 9.26 Å². The minimum Gasteiger partial charge on any atom is -0.497 e. The van der Waals surface area contributed by atoms with Crippen molar-refractivity contribution in [3.05, 3.63) is 60.7 Å². The maximum absolute atomic E-state index is 13.4. The highest BCUT2D eigenvalue weighted by Gasteiger charge is 2.29. The molecule has 1 aliphatic heterocycles. The first-order chi connectivity index (χ1) is 16.1. The highest BCUT2D eigenvalue weighted by Crippen LogP contribution is 2.35. The van der Waals surface area contributed by atoms with Crippen molar-refractivity contribution in [2.75, 3.05) is 30.4 Å². The van der Waals surface area contributed by atoms with Gasteiger partial charge in [-0.3, -0.25) is 4.79 Å². The van der Waals surface area contributed by atoms with Crippen LogP contribution in [0.5, 0.6) is 5.75 Å². The van der Waals surface area contributed by atoms with Gasteiger partial charge in [-0.2, -0.15) is 4.98 Å². The molecule has 8 nitrogen and oxygen atoms in total. The van der Waals surface area contributed by atoms with Crippen LogP contribution in [0.25, 0.3) is 22.4 Å². The molecule has 2 aromatic carbocycles. The van der Waals surface area contributed by atoms with Crippen LogP contribution in [0.2, 0.25) is 0 Å². The number of ether oxygens (including phenoxy) is 1. The number of nitrogens with one attached hydrogen (secondary N) is 1. The third-order valence-corrected chi connectivity index (χ3v) is 5.82. The zero-order valence-corrected chi connectivity index (χ0v) is 18.0. The molecule has 5 rings (SSSR count). The average molecular weight is 447 g/mol. The van der Waals surface area contributed by atoms with Crippen molar-refractivity contribution in [3.63, 3.8) is 0 Å². The fraction of sp³-hybridized carbons (Fsp3) is 0.250. The summed E-state index contributed by atoms with van der Waals surface area (Å²) in [6.07, 6.45) is 3.04. The van der Waals surface area contributed by atoms with Gasteiger partial charge in [0.1, 0.15) is 34.8 Å². The standard InChI is InChI=1S/C24H22FN5O3/c1-32-19-10-8-18(9-11-19)28-23(31)16-3-2-12-30(13-16)22-20-21(15-4-6-17(25)7-5-15)29-33-24(20)27-14-26-22/h4-11,14,16H,2-3,12-13H2,1H3,(H,28,31)/t16-/m1/s1. The largest absolute Gasteiger partial charge is 0.497 e. The molecular formula is C24H22FN5O3. The van der Waals surface area contributed by atoms with E-state index in [1.54, 1.807) is 19.2 Å². The lowest BCUT2D eigenvalue weighted by molar-refractivity contribution is -0.120. The first-order valence-corrected chi connectivity index (χ1v) is 10.7. The number of hydrogen-bond donors (Lipinski definition) is 1. The van der Waals surface area contributed by atoms with Crippen LogP contribution in [0.4, 0.5) is 15.9 Å². The zero-order chi connectivity index (χ0) is 22.8. The lowest BCUT2D eigenvalue weighted by atomic mass is 9.96.